The SMILES string of the molecule is CCC(O)C1CNCCC1c1noc2cc(F)ccc12. The largest absolute Gasteiger partial charge is 0.393 e. The van der Waals surface area contributed by atoms with Crippen molar-refractivity contribution >= 4 is 11.0 Å². The van der Waals surface area contributed by atoms with Crippen LogP contribution in [0.2, 0.25) is 0 Å². The van der Waals surface area contributed by atoms with Crippen LogP contribution in [-0.2, 0) is 0 Å². The van der Waals surface area contributed by atoms with Crippen LogP contribution in [0.1, 0.15) is 31.4 Å². The lowest BCUT2D eigenvalue weighted by atomic mass is 9.79. The second-order valence-corrected chi connectivity index (χ2v) is 5.45. The highest BCUT2D eigenvalue weighted by Crippen LogP contribution is 2.36. The Labute approximate surface area is 117 Å². The number of nitrogens with zero attached hydrogens (tertiary/aromatic N) is 1. The van der Waals surface area contributed by atoms with Crippen LogP contribution in [0.4, 0.5) is 4.39 Å². The van der Waals surface area contributed by atoms with E-state index in [1.165, 1.54) is 12.1 Å². The summed E-state index contributed by atoms with van der Waals surface area (Å²) in [6.07, 6.45) is 1.26. The highest BCUT2D eigenvalue weighted by Gasteiger charge is 2.34. The molecule has 3 rings (SSSR count). The highest BCUT2D eigenvalue weighted by molar-refractivity contribution is 5.80. The number of aliphatic hydroxyl groups is 1. The minimum atomic E-state index is -0.361. The first-order valence-electron chi connectivity index (χ1n) is 7.14. The van der Waals surface area contributed by atoms with Gasteiger partial charge in [-0.25, -0.2) is 4.39 Å². The molecule has 2 heterocycles. The van der Waals surface area contributed by atoms with Gasteiger partial charge < -0.3 is 14.9 Å². The monoisotopic (exact) mass is 278 g/mol. The molecule has 0 bridgehead atoms. The van der Waals surface area contributed by atoms with Gasteiger partial charge in [0.15, 0.2) is 5.58 Å². The van der Waals surface area contributed by atoms with E-state index < -0.39 is 0 Å². The van der Waals surface area contributed by atoms with Crippen molar-refractivity contribution in [1.82, 2.24) is 10.5 Å². The third-order valence-corrected chi connectivity index (χ3v) is 4.25. The first kappa shape index (κ1) is 13.5. The van der Waals surface area contributed by atoms with Crippen molar-refractivity contribution in [2.75, 3.05) is 13.1 Å². The predicted molar refractivity (Wildman–Crippen MR) is 74.0 cm³/mol. The number of piperidine rings is 1. The number of hydrogen-bond acceptors (Lipinski definition) is 4. The van der Waals surface area contributed by atoms with E-state index >= 15 is 0 Å². The average Bonchev–Trinajstić information content (AvgIpc) is 2.89. The number of nitrogens with one attached hydrogen (secondary N) is 1. The van der Waals surface area contributed by atoms with Gasteiger partial charge in [-0.05, 0) is 31.5 Å². The molecule has 2 N–H and O–H groups in total. The number of rotatable bonds is 3. The van der Waals surface area contributed by atoms with Crippen molar-refractivity contribution < 1.29 is 14.0 Å². The molecule has 4 nitrogen and oxygen atoms in total. The van der Waals surface area contributed by atoms with Gasteiger partial charge in [0.1, 0.15) is 5.82 Å². The van der Waals surface area contributed by atoms with Gasteiger partial charge in [-0.3, -0.25) is 0 Å². The maximum atomic E-state index is 13.2. The molecule has 1 aromatic heterocycles. The van der Waals surface area contributed by atoms with E-state index in [-0.39, 0.29) is 23.8 Å². The average molecular weight is 278 g/mol. The van der Waals surface area contributed by atoms with Crippen LogP contribution in [0, 0.1) is 11.7 Å². The zero-order valence-electron chi connectivity index (χ0n) is 11.5. The summed E-state index contributed by atoms with van der Waals surface area (Å²) in [6, 6.07) is 4.50. The third-order valence-electron chi connectivity index (χ3n) is 4.25. The van der Waals surface area contributed by atoms with Gasteiger partial charge in [-0.2, -0.15) is 0 Å². The summed E-state index contributed by atoms with van der Waals surface area (Å²) in [5.41, 5.74) is 1.32. The molecular formula is C15H19FN2O2. The molecular weight excluding hydrogens is 259 g/mol. The molecule has 0 spiro atoms. The lowest BCUT2D eigenvalue weighted by Gasteiger charge is -2.34. The van der Waals surface area contributed by atoms with E-state index in [0.717, 1.165) is 30.6 Å². The van der Waals surface area contributed by atoms with Crippen molar-refractivity contribution in [2.45, 2.75) is 31.8 Å². The number of hydrogen-bond donors (Lipinski definition) is 2. The van der Waals surface area contributed by atoms with E-state index in [1.54, 1.807) is 6.07 Å². The Morgan fingerprint density at radius 3 is 3.20 bits per heavy atom. The molecule has 20 heavy (non-hydrogen) atoms. The van der Waals surface area contributed by atoms with E-state index in [0.29, 0.717) is 12.0 Å². The van der Waals surface area contributed by atoms with Gasteiger partial charge in [-0.15, -0.1) is 0 Å². The third kappa shape index (κ3) is 2.31. The molecule has 2 aromatic rings. The number of fused-ring (bicyclic) bond motifs is 1. The van der Waals surface area contributed by atoms with Crippen LogP contribution >= 0.6 is 0 Å². The fourth-order valence-corrected chi connectivity index (χ4v) is 3.13. The van der Waals surface area contributed by atoms with Gasteiger partial charge >= 0.3 is 0 Å². The standard InChI is InChI=1S/C15H19FN2O2/c1-2-13(19)12-8-17-6-5-10(12)15-11-4-3-9(16)7-14(11)20-18-15/h3-4,7,10,12-13,17,19H,2,5-6,8H2,1H3. The fourth-order valence-electron chi connectivity index (χ4n) is 3.13. The van der Waals surface area contributed by atoms with Crippen LogP contribution in [0.5, 0.6) is 0 Å². The summed E-state index contributed by atoms with van der Waals surface area (Å²) < 4.78 is 18.5. The van der Waals surface area contributed by atoms with Crippen molar-refractivity contribution in [3.05, 3.63) is 29.7 Å². The zero-order chi connectivity index (χ0) is 14.1. The molecule has 1 fully saturated rings. The first-order chi connectivity index (χ1) is 9.70. The molecule has 3 atom stereocenters. The minimum Gasteiger partial charge on any atom is -0.393 e. The van der Waals surface area contributed by atoms with Gasteiger partial charge in [0, 0.05) is 29.8 Å². The van der Waals surface area contributed by atoms with Gasteiger partial charge in [0.2, 0.25) is 0 Å². The van der Waals surface area contributed by atoms with Crippen molar-refractivity contribution in [3.63, 3.8) is 0 Å². The number of halogens is 1. The highest BCUT2D eigenvalue weighted by atomic mass is 19.1. The number of aromatic nitrogens is 1. The zero-order valence-corrected chi connectivity index (χ0v) is 11.5. The van der Waals surface area contributed by atoms with E-state index in [2.05, 4.69) is 10.5 Å². The van der Waals surface area contributed by atoms with Gasteiger partial charge in [-0.1, -0.05) is 12.1 Å². The Morgan fingerprint density at radius 1 is 1.55 bits per heavy atom. The Kier molecular flexibility index (Phi) is 3.72. The summed E-state index contributed by atoms with van der Waals surface area (Å²) in [6.45, 7) is 3.65. The smallest absolute Gasteiger partial charge is 0.170 e. The summed E-state index contributed by atoms with van der Waals surface area (Å²) in [7, 11) is 0. The Balaban J connectivity index is 1.99. The molecule has 0 amide bonds. The van der Waals surface area contributed by atoms with Crippen LogP contribution < -0.4 is 5.32 Å². The van der Waals surface area contributed by atoms with Crippen molar-refractivity contribution in [3.8, 4) is 0 Å². The first-order valence-corrected chi connectivity index (χ1v) is 7.14. The second-order valence-electron chi connectivity index (χ2n) is 5.45. The normalized spacial score (nSPS) is 24.9. The number of benzene rings is 1. The molecule has 0 radical (unpaired) electrons. The topological polar surface area (TPSA) is 58.3 Å². The molecule has 0 aliphatic carbocycles. The lowest BCUT2D eigenvalue weighted by molar-refractivity contribution is 0.0740. The van der Waals surface area contributed by atoms with E-state index in [9.17, 15) is 9.50 Å². The fraction of sp³-hybridized carbons (Fsp3) is 0.533. The van der Waals surface area contributed by atoms with Crippen molar-refractivity contribution in [1.29, 1.82) is 0 Å². The quantitative estimate of drug-likeness (QED) is 0.905. The molecule has 1 saturated heterocycles. The molecule has 3 unspecified atom stereocenters. The minimum absolute atomic E-state index is 0.118. The van der Waals surface area contributed by atoms with Crippen LogP contribution in [0.25, 0.3) is 11.0 Å². The number of aliphatic hydroxyl groups excluding tert-OH is 1. The predicted octanol–water partition coefficient (Wildman–Crippen LogP) is 2.43. The molecule has 5 heteroatoms. The summed E-state index contributed by atoms with van der Waals surface area (Å²) in [5.74, 6) is -0.0549. The Hall–Kier alpha value is -1.46. The maximum Gasteiger partial charge on any atom is 0.170 e. The summed E-state index contributed by atoms with van der Waals surface area (Å²) >= 11 is 0. The Bertz CT molecular complexity index is 599. The van der Waals surface area contributed by atoms with Crippen LogP contribution in [0.15, 0.2) is 22.7 Å². The molecule has 0 saturated carbocycles. The van der Waals surface area contributed by atoms with Crippen molar-refractivity contribution in [2.24, 2.45) is 5.92 Å². The van der Waals surface area contributed by atoms with E-state index in [1.807, 2.05) is 6.92 Å². The molecule has 1 aliphatic rings. The maximum absolute atomic E-state index is 13.2. The summed E-state index contributed by atoms with van der Waals surface area (Å²) in [4.78, 5) is 0. The Morgan fingerprint density at radius 2 is 2.40 bits per heavy atom. The molecule has 1 aromatic carbocycles. The van der Waals surface area contributed by atoms with Crippen LogP contribution in [0.3, 0.4) is 0 Å². The van der Waals surface area contributed by atoms with Gasteiger partial charge in [0.05, 0.1) is 11.8 Å². The van der Waals surface area contributed by atoms with Crippen LogP contribution in [-0.4, -0.2) is 29.5 Å². The van der Waals surface area contributed by atoms with Gasteiger partial charge in [0.25, 0.3) is 0 Å². The summed E-state index contributed by atoms with van der Waals surface area (Å²) in [5, 5.41) is 18.5. The second kappa shape index (κ2) is 5.50. The van der Waals surface area contributed by atoms with E-state index in [4.69, 9.17) is 4.52 Å². The molecule has 1 aliphatic heterocycles. The lowest BCUT2D eigenvalue weighted by Crippen LogP contribution is -2.41. The molecule has 108 valence electrons.